The Morgan fingerprint density at radius 3 is 2.06 bits per heavy atom. The first-order valence-electron chi connectivity index (χ1n) is 6.70. The van der Waals surface area contributed by atoms with E-state index < -0.39 is 5.54 Å². The molecule has 1 amide bonds. The summed E-state index contributed by atoms with van der Waals surface area (Å²) in [5, 5.41) is 0. The van der Waals surface area contributed by atoms with Crippen LogP contribution in [0.25, 0.3) is 0 Å². The smallest absolute Gasteiger partial charge is 0.242 e. The molecule has 5 heteroatoms. The van der Waals surface area contributed by atoms with Crippen LogP contribution in [0.4, 0.5) is 0 Å². The summed E-state index contributed by atoms with van der Waals surface area (Å²) in [4.78, 5) is 14.3. The normalized spacial score (nSPS) is 18.6. The van der Waals surface area contributed by atoms with E-state index in [1.165, 1.54) is 6.42 Å². The predicted octanol–water partition coefficient (Wildman–Crippen LogP) is 0.769. The molecule has 1 fully saturated rings. The lowest BCUT2D eigenvalue weighted by Crippen LogP contribution is -2.57. The van der Waals surface area contributed by atoms with Crippen molar-refractivity contribution >= 4 is 5.91 Å². The Kier molecular flexibility index (Phi) is 6.60. The minimum Gasteiger partial charge on any atom is -0.383 e. The van der Waals surface area contributed by atoms with Crippen LogP contribution >= 0.6 is 0 Å². The summed E-state index contributed by atoms with van der Waals surface area (Å²) < 4.78 is 10.1. The molecule has 0 radical (unpaired) electrons. The van der Waals surface area contributed by atoms with Crippen LogP contribution in [0.5, 0.6) is 0 Å². The second kappa shape index (κ2) is 7.71. The Morgan fingerprint density at radius 2 is 1.61 bits per heavy atom. The van der Waals surface area contributed by atoms with E-state index in [-0.39, 0.29) is 5.91 Å². The van der Waals surface area contributed by atoms with Gasteiger partial charge in [0.2, 0.25) is 5.91 Å². The molecule has 0 unspecified atom stereocenters. The fourth-order valence-electron chi connectivity index (χ4n) is 2.43. The highest BCUT2D eigenvalue weighted by atomic mass is 16.5. The molecule has 106 valence electrons. The van der Waals surface area contributed by atoms with Crippen molar-refractivity contribution in [2.45, 2.75) is 37.6 Å². The van der Waals surface area contributed by atoms with Crippen molar-refractivity contribution in [2.24, 2.45) is 5.73 Å². The molecular formula is C13H26N2O3. The zero-order valence-electron chi connectivity index (χ0n) is 11.6. The highest BCUT2D eigenvalue weighted by Gasteiger charge is 2.38. The lowest BCUT2D eigenvalue weighted by atomic mass is 9.81. The molecular weight excluding hydrogens is 232 g/mol. The van der Waals surface area contributed by atoms with Gasteiger partial charge in [0.15, 0.2) is 0 Å². The maximum Gasteiger partial charge on any atom is 0.242 e. The average Bonchev–Trinajstić information content (AvgIpc) is 2.39. The Morgan fingerprint density at radius 1 is 1.11 bits per heavy atom. The highest BCUT2D eigenvalue weighted by molar-refractivity contribution is 5.86. The van der Waals surface area contributed by atoms with Crippen LogP contribution in [0.2, 0.25) is 0 Å². The van der Waals surface area contributed by atoms with Gasteiger partial charge in [-0.1, -0.05) is 19.3 Å². The van der Waals surface area contributed by atoms with Crippen molar-refractivity contribution < 1.29 is 14.3 Å². The molecule has 0 aromatic heterocycles. The fraction of sp³-hybridized carbons (Fsp3) is 0.923. The molecule has 1 saturated carbocycles. The summed E-state index contributed by atoms with van der Waals surface area (Å²) in [6.45, 7) is 2.23. The first-order chi connectivity index (χ1) is 8.64. The zero-order chi connectivity index (χ0) is 13.4. The van der Waals surface area contributed by atoms with Gasteiger partial charge in [0.25, 0.3) is 0 Å². The lowest BCUT2D eigenvalue weighted by Gasteiger charge is -2.36. The number of nitrogens with two attached hydrogens (primary N) is 1. The van der Waals surface area contributed by atoms with Crippen molar-refractivity contribution in [3.8, 4) is 0 Å². The number of nitrogens with zero attached hydrogens (tertiary/aromatic N) is 1. The molecule has 0 heterocycles. The summed E-state index contributed by atoms with van der Waals surface area (Å²) in [5.74, 6) is 0.0521. The number of ether oxygens (including phenoxy) is 2. The van der Waals surface area contributed by atoms with Gasteiger partial charge in [0, 0.05) is 27.3 Å². The topological polar surface area (TPSA) is 64.8 Å². The van der Waals surface area contributed by atoms with Crippen molar-refractivity contribution in [1.82, 2.24) is 4.90 Å². The summed E-state index contributed by atoms with van der Waals surface area (Å²) in [6.07, 6.45) is 4.86. The Hall–Kier alpha value is -0.650. The largest absolute Gasteiger partial charge is 0.383 e. The quantitative estimate of drug-likeness (QED) is 0.732. The van der Waals surface area contributed by atoms with Gasteiger partial charge in [-0.25, -0.2) is 0 Å². The van der Waals surface area contributed by atoms with Gasteiger partial charge in [-0.05, 0) is 12.8 Å². The van der Waals surface area contributed by atoms with Gasteiger partial charge in [-0.2, -0.15) is 0 Å². The number of rotatable bonds is 7. The molecule has 0 aromatic rings. The third-order valence-corrected chi connectivity index (χ3v) is 3.59. The van der Waals surface area contributed by atoms with E-state index in [0.29, 0.717) is 26.3 Å². The minimum atomic E-state index is -0.667. The van der Waals surface area contributed by atoms with Crippen LogP contribution in [0, 0.1) is 0 Å². The average molecular weight is 258 g/mol. The summed E-state index contributed by atoms with van der Waals surface area (Å²) in [7, 11) is 3.27. The molecule has 5 nitrogen and oxygen atoms in total. The van der Waals surface area contributed by atoms with Gasteiger partial charge in [-0.3, -0.25) is 4.79 Å². The van der Waals surface area contributed by atoms with Gasteiger partial charge >= 0.3 is 0 Å². The van der Waals surface area contributed by atoms with Gasteiger partial charge in [-0.15, -0.1) is 0 Å². The predicted molar refractivity (Wildman–Crippen MR) is 70.3 cm³/mol. The second-order valence-corrected chi connectivity index (χ2v) is 4.99. The van der Waals surface area contributed by atoms with Crippen LogP contribution in [-0.2, 0) is 14.3 Å². The van der Waals surface area contributed by atoms with Crippen molar-refractivity contribution in [3.05, 3.63) is 0 Å². The van der Waals surface area contributed by atoms with Gasteiger partial charge < -0.3 is 20.1 Å². The summed E-state index contributed by atoms with van der Waals surface area (Å²) in [5.41, 5.74) is 5.61. The van der Waals surface area contributed by atoms with Crippen LogP contribution in [0.15, 0.2) is 0 Å². The van der Waals surface area contributed by atoms with E-state index in [9.17, 15) is 4.79 Å². The number of methoxy groups -OCH3 is 2. The van der Waals surface area contributed by atoms with E-state index >= 15 is 0 Å². The molecule has 0 atom stereocenters. The van der Waals surface area contributed by atoms with Crippen LogP contribution in [-0.4, -0.2) is 56.9 Å². The van der Waals surface area contributed by atoms with Crippen LogP contribution in [0.3, 0.4) is 0 Å². The molecule has 0 bridgehead atoms. The van der Waals surface area contributed by atoms with E-state index in [0.717, 1.165) is 25.7 Å². The third-order valence-electron chi connectivity index (χ3n) is 3.59. The zero-order valence-corrected chi connectivity index (χ0v) is 11.6. The van der Waals surface area contributed by atoms with E-state index in [1.807, 2.05) is 0 Å². The SMILES string of the molecule is COCCN(CCOC)C(=O)C1(N)CCCCC1. The Balaban J connectivity index is 2.60. The molecule has 1 aliphatic rings. The molecule has 18 heavy (non-hydrogen) atoms. The first kappa shape index (κ1) is 15.4. The van der Waals surface area contributed by atoms with Crippen molar-refractivity contribution in [1.29, 1.82) is 0 Å². The first-order valence-corrected chi connectivity index (χ1v) is 6.70. The van der Waals surface area contributed by atoms with E-state index in [1.54, 1.807) is 19.1 Å². The molecule has 0 aliphatic heterocycles. The number of hydrogen-bond acceptors (Lipinski definition) is 4. The minimum absolute atomic E-state index is 0.0521. The Bertz CT molecular complexity index is 245. The molecule has 1 aliphatic carbocycles. The molecule has 0 spiro atoms. The summed E-state index contributed by atoms with van der Waals surface area (Å²) in [6, 6.07) is 0. The number of carbonyl (C=O) groups excluding carboxylic acids is 1. The maximum absolute atomic E-state index is 12.5. The van der Waals surface area contributed by atoms with E-state index in [2.05, 4.69) is 0 Å². The third kappa shape index (κ3) is 4.23. The monoisotopic (exact) mass is 258 g/mol. The highest BCUT2D eigenvalue weighted by Crippen LogP contribution is 2.27. The molecule has 0 aromatic carbocycles. The lowest BCUT2D eigenvalue weighted by molar-refractivity contribution is -0.139. The van der Waals surface area contributed by atoms with Crippen molar-refractivity contribution in [2.75, 3.05) is 40.5 Å². The number of amides is 1. The Labute approximate surface area is 110 Å². The van der Waals surface area contributed by atoms with E-state index in [4.69, 9.17) is 15.2 Å². The summed E-state index contributed by atoms with van der Waals surface area (Å²) >= 11 is 0. The fourth-order valence-corrected chi connectivity index (χ4v) is 2.43. The van der Waals surface area contributed by atoms with Gasteiger partial charge in [0.1, 0.15) is 0 Å². The maximum atomic E-state index is 12.5. The molecule has 0 saturated heterocycles. The number of carbonyl (C=O) groups is 1. The molecule has 2 N–H and O–H groups in total. The number of hydrogen-bond donors (Lipinski definition) is 1. The van der Waals surface area contributed by atoms with Crippen LogP contribution in [0.1, 0.15) is 32.1 Å². The van der Waals surface area contributed by atoms with Crippen LogP contribution < -0.4 is 5.73 Å². The molecule has 1 rings (SSSR count). The standard InChI is InChI=1S/C13H26N2O3/c1-17-10-8-15(9-11-18-2)12(16)13(14)6-4-3-5-7-13/h3-11,14H2,1-2H3. The second-order valence-electron chi connectivity index (χ2n) is 4.99. The van der Waals surface area contributed by atoms with Gasteiger partial charge in [0.05, 0.1) is 18.8 Å². The van der Waals surface area contributed by atoms with Crippen molar-refractivity contribution in [3.63, 3.8) is 0 Å².